The molecule has 3 heterocycles. The van der Waals surface area contributed by atoms with Crippen molar-refractivity contribution in [3.63, 3.8) is 0 Å². The quantitative estimate of drug-likeness (QED) is 0.306. The predicted octanol–water partition coefficient (Wildman–Crippen LogP) is 1.77. The minimum Gasteiger partial charge on any atom is -0.464 e. The number of nitrogens with one attached hydrogen (secondary N) is 2. The second-order valence-corrected chi connectivity index (χ2v) is 10.4. The van der Waals surface area contributed by atoms with Crippen LogP contribution in [0.4, 0.5) is 14.6 Å². The van der Waals surface area contributed by atoms with Crippen molar-refractivity contribution in [1.82, 2.24) is 14.6 Å². The normalized spacial score (nSPS) is 25.1. The van der Waals surface area contributed by atoms with Gasteiger partial charge in [0.05, 0.1) is 13.2 Å². The number of cyclic esters (lactones) is 1. The first-order valence-corrected chi connectivity index (χ1v) is 13.4. The number of aromatic nitrogens is 2. The van der Waals surface area contributed by atoms with E-state index in [4.69, 9.17) is 23.3 Å². The van der Waals surface area contributed by atoms with E-state index in [9.17, 15) is 23.7 Å². The fourth-order valence-corrected chi connectivity index (χ4v) is 5.49. The Morgan fingerprint density at radius 1 is 1.20 bits per heavy atom. The fourth-order valence-electron chi connectivity index (χ4n) is 3.95. The molecule has 2 aliphatic heterocycles. The van der Waals surface area contributed by atoms with E-state index in [1.807, 2.05) is 0 Å². The molecule has 2 saturated heterocycles. The molecule has 14 nitrogen and oxygen atoms in total. The Bertz CT molecular complexity index is 1370. The maximum absolute atomic E-state index is 15.5. The van der Waals surface area contributed by atoms with Crippen molar-refractivity contribution in [2.24, 2.45) is 0 Å². The molecule has 1 aromatic carbocycles. The smallest absolute Gasteiger partial charge is 0.459 e. The molecule has 216 valence electrons. The van der Waals surface area contributed by atoms with Gasteiger partial charge in [-0.25, -0.2) is 9.36 Å². The number of para-hydroxylation sites is 1. The molecule has 1 amide bonds. The van der Waals surface area contributed by atoms with Crippen LogP contribution in [0.2, 0.25) is 0 Å². The Balaban J connectivity index is 1.59. The van der Waals surface area contributed by atoms with Gasteiger partial charge in [0.15, 0.2) is 6.10 Å². The van der Waals surface area contributed by atoms with Gasteiger partial charge in [-0.3, -0.25) is 23.5 Å². The third kappa shape index (κ3) is 6.70. The van der Waals surface area contributed by atoms with Crippen LogP contribution >= 0.6 is 7.75 Å². The fraction of sp³-hybridized carbons (Fsp3) is 0.435. The van der Waals surface area contributed by atoms with Gasteiger partial charge in [0.1, 0.15) is 23.7 Å². The molecular formula is C23H25F2N4O10P. The van der Waals surface area contributed by atoms with Crippen molar-refractivity contribution in [3.8, 4) is 5.75 Å². The second kappa shape index (κ2) is 11.8. The van der Waals surface area contributed by atoms with Gasteiger partial charge in [0.25, 0.3) is 0 Å². The van der Waals surface area contributed by atoms with Gasteiger partial charge in [0.2, 0.25) is 12.1 Å². The first kappa shape index (κ1) is 29.3. The van der Waals surface area contributed by atoms with Crippen molar-refractivity contribution >= 4 is 31.4 Å². The van der Waals surface area contributed by atoms with Gasteiger partial charge in [-0.05, 0) is 18.2 Å². The Morgan fingerprint density at radius 2 is 1.93 bits per heavy atom. The number of carbonyl (C=O) groups is 3. The standard InChI is InChI=1S/C23H25F2N4O10P/c1-13(30)26-18-8-10-29(22(33)27-18)21-23(24,25)19(37-14(2)31)17(38-21)12-36-40(34,28-16-9-11-35-20(16)32)39-15-6-4-3-5-7-15/h3-8,10,16-17,19,21H,9,11-12H2,1-2H3,(H,28,34)(H,26,27,30,33)/t16-,17+,19+,21+,40-/m0/s1. The van der Waals surface area contributed by atoms with E-state index >= 15 is 8.78 Å². The van der Waals surface area contributed by atoms with Crippen LogP contribution in [0, 0.1) is 0 Å². The van der Waals surface area contributed by atoms with Crippen molar-refractivity contribution < 1.29 is 51.0 Å². The lowest BCUT2D eigenvalue weighted by Gasteiger charge is -2.25. The third-order valence-electron chi connectivity index (χ3n) is 5.66. The third-order valence-corrected chi connectivity index (χ3v) is 7.22. The first-order valence-electron chi connectivity index (χ1n) is 11.9. The van der Waals surface area contributed by atoms with E-state index in [1.54, 1.807) is 18.2 Å². The molecule has 4 rings (SSSR count). The molecule has 2 N–H and O–H groups in total. The van der Waals surface area contributed by atoms with Gasteiger partial charge in [0, 0.05) is 26.5 Å². The molecule has 0 saturated carbocycles. The van der Waals surface area contributed by atoms with Crippen molar-refractivity contribution in [2.75, 3.05) is 18.5 Å². The highest BCUT2D eigenvalue weighted by atomic mass is 31.2. The van der Waals surface area contributed by atoms with Crippen LogP contribution in [-0.2, 0) is 37.7 Å². The SMILES string of the molecule is CC(=O)Nc1ccn([C@@H]2O[C@H](CO[P@@](=O)(N[C@H]3CCOC3=O)Oc3ccccc3)[C@@H](OC(C)=O)C2(F)F)c(=O)n1. The number of nitrogens with zero attached hydrogens (tertiary/aromatic N) is 2. The Kier molecular flexibility index (Phi) is 8.63. The van der Waals surface area contributed by atoms with E-state index in [2.05, 4.69) is 15.4 Å². The molecule has 17 heteroatoms. The van der Waals surface area contributed by atoms with Gasteiger partial charge >= 0.3 is 31.3 Å². The monoisotopic (exact) mass is 586 g/mol. The van der Waals surface area contributed by atoms with Crippen LogP contribution in [0.5, 0.6) is 5.75 Å². The maximum atomic E-state index is 15.5. The summed E-state index contributed by atoms with van der Waals surface area (Å²) in [5.74, 6) is -6.43. The zero-order valence-corrected chi connectivity index (χ0v) is 22.0. The Morgan fingerprint density at radius 3 is 2.52 bits per heavy atom. The summed E-state index contributed by atoms with van der Waals surface area (Å²) < 4.78 is 71.1. The average molecular weight is 586 g/mol. The molecule has 0 spiro atoms. The Hall–Kier alpha value is -3.72. The molecule has 0 radical (unpaired) electrons. The molecule has 2 aromatic rings. The average Bonchev–Trinajstić information content (AvgIpc) is 3.37. The topological polar surface area (TPSA) is 173 Å². The van der Waals surface area contributed by atoms with E-state index in [-0.39, 0.29) is 24.6 Å². The number of carbonyl (C=O) groups excluding carboxylic acids is 3. The largest absolute Gasteiger partial charge is 0.464 e. The van der Waals surface area contributed by atoms with E-state index in [0.717, 1.165) is 19.2 Å². The summed E-state index contributed by atoms with van der Waals surface area (Å²) in [4.78, 5) is 50.9. The number of benzene rings is 1. The highest BCUT2D eigenvalue weighted by Crippen LogP contribution is 2.49. The molecule has 0 unspecified atom stereocenters. The number of halogens is 2. The summed E-state index contributed by atoms with van der Waals surface area (Å²) >= 11 is 0. The minimum absolute atomic E-state index is 0.0551. The van der Waals surface area contributed by atoms with Crippen LogP contribution < -0.4 is 20.6 Å². The van der Waals surface area contributed by atoms with Crippen LogP contribution in [0.1, 0.15) is 26.5 Å². The van der Waals surface area contributed by atoms with E-state index in [1.165, 1.54) is 19.1 Å². The number of alkyl halides is 2. The number of anilines is 1. The van der Waals surface area contributed by atoms with Gasteiger partial charge in [-0.2, -0.15) is 18.9 Å². The second-order valence-electron chi connectivity index (χ2n) is 8.75. The maximum Gasteiger partial charge on any atom is 0.459 e. The highest BCUT2D eigenvalue weighted by Gasteiger charge is 2.62. The lowest BCUT2D eigenvalue weighted by Crippen LogP contribution is -2.44. The Labute approximate surface area is 225 Å². The van der Waals surface area contributed by atoms with Crippen molar-refractivity contribution in [2.45, 2.75) is 50.7 Å². The summed E-state index contributed by atoms with van der Waals surface area (Å²) in [7, 11) is -4.44. The molecule has 40 heavy (non-hydrogen) atoms. The predicted molar refractivity (Wildman–Crippen MR) is 130 cm³/mol. The van der Waals surface area contributed by atoms with Crippen LogP contribution in [0.3, 0.4) is 0 Å². The number of hydrogen-bond donors (Lipinski definition) is 2. The summed E-state index contributed by atoms with van der Waals surface area (Å²) in [5, 5.41) is 4.70. The van der Waals surface area contributed by atoms with Crippen LogP contribution in [-0.4, -0.2) is 64.8 Å². The molecule has 1 aromatic heterocycles. The minimum atomic E-state index is -4.44. The zero-order valence-electron chi connectivity index (χ0n) is 21.2. The van der Waals surface area contributed by atoms with Crippen LogP contribution in [0.15, 0.2) is 47.4 Å². The lowest BCUT2D eigenvalue weighted by molar-refractivity contribution is -0.174. The molecule has 2 aliphatic rings. The van der Waals surface area contributed by atoms with E-state index in [0.29, 0.717) is 4.57 Å². The summed E-state index contributed by atoms with van der Waals surface area (Å²) in [6.07, 6.45) is -5.28. The van der Waals surface area contributed by atoms with E-state index < -0.39 is 68.3 Å². The van der Waals surface area contributed by atoms with Crippen molar-refractivity contribution in [1.29, 1.82) is 0 Å². The molecule has 0 aliphatic carbocycles. The van der Waals surface area contributed by atoms with Crippen molar-refractivity contribution in [3.05, 3.63) is 53.1 Å². The summed E-state index contributed by atoms with van der Waals surface area (Å²) in [6.45, 7) is 1.24. The number of amides is 1. The van der Waals surface area contributed by atoms with Crippen LogP contribution in [0.25, 0.3) is 0 Å². The molecule has 5 atom stereocenters. The molecule has 2 fully saturated rings. The van der Waals surface area contributed by atoms with Gasteiger partial charge < -0.3 is 24.1 Å². The number of ether oxygens (including phenoxy) is 3. The first-order chi connectivity index (χ1) is 18.9. The van der Waals surface area contributed by atoms with Gasteiger partial charge in [-0.1, -0.05) is 18.2 Å². The summed E-state index contributed by atoms with van der Waals surface area (Å²) in [6, 6.07) is 7.75. The summed E-state index contributed by atoms with van der Waals surface area (Å²) in [5.41, 5.74) is -1.20. The molecular weight excluding hydrogens is 561 g/mol. The molecule has 0 bridgehead atoms. The number of hydrogen-bond acceptors (Lipinski definition) is 11. The number of esters is 2. The highest BCUT2D eigenvalue weighted by molar-refractivity contribution is 7.52. The zero-order chi connectivity index (χ0) is 29.1. The van der Waals surface area contributed by atoms with Gasteiger partial charge in [-0.15, -0.1) is 0 Å². The lowest BCUT2D eigenvalue weighted by atomic mass is 10.1. The number of rotatable bonds is 10.